The lowest BCUT2D eigenvalue weighted by Gasteiger charge is -2.28. The Balaban J connectivity index is 2.11. The number of nitrogen functional groups attached to an aromatic ring is 1. The fourth-order valence-electron chi connectivity index (χ4n) is 2.03. The van der Waals surface area contributed by atoms with Crippen molar-refractivity contribution in [3.63, 3.8) is 0 Å². The minimum absolute atomic E-state index is 0.227. The number of carbonyl (C=O) groups is 3. The van der Waals surface area contributed by atoms with E-state index in [1.807, 2.05) is 0 Å². The van der Waals surface area contributed by atoms with E-state index in [2.05, 4.69) is 5.32 Å². The molecule has 0 bridgehead atoms. The van der Waals surface area contributed by atoms with Gasteiger partial charge in [-0.3, -0.25) is 19.3 Å². The van der Waals surface area contributed by atoms with Gasteiger partial charge in [0.15, 0.2) is 0 Å². The standard InChI is InChI=1S/C13H14ClN3O3/c1-17-11(18)3-2-10(13(17)20)16-12(19)7-4-8(14)6-9(15)5-7/h4-6,10H,2-3,15H2,1H3,(H,16,19). The summed E-state index contributed by atoms with van der Waals surface area (Å²) in [6.45, 7) is 0. The van der Waals surface area contributed by atoms with Crippen molar-refractivity contribution in [1.29, 1.82) is 0 Å². The Morgan fingerprint density at radius 3 is 2.75 bits per heavy atom. The third kappa shape index (κ3) is 2.91. The molecule has 1 atom stereocenters. The van der Waals surface area contributed by atoms with Crippen molar-refractivity contribution < 1.29 is 14.4 Å². The third-order valence-electron chi connectivity index (χ3n) is 3.14. The van der Waals surface area contributed by atoms with Gasteiger partial charge in [0.1, 0.15) is 6.04 Å². The van der Waals surface area contributed by atoms with E-state index in [0.717, 1.165) is 4.90 Å². The Hall–Kier alpha value is -2.08. The highest BCUT2D eigenvalue weighted by Gasteiger charge is 2.32. The molecule has 1 aromatic rings. The second-order valence-corrected chi connectivity index (χ2v) is 5.07. The summed E-state index contributed by atoms with van der Waals surface area (Å²) >= 11 is 5.83. The van der Waals surface area contributed by atoms with Crippen LogP contribution in [0.15, 0.2) is 18.2 Å². The largest absolute Gasteiger partial charge is 0.399 e. The summed E-state index contributed by atoms with van der Waals surface area (Å²) in [6, 6.07) is 3.76. The van der Waals surface area contributed by atoms with Crippen molar-refractivity contribution >= 4 is 35.0 Å². The van der Waals surface area contributed by atoms with Crippen LogP contribution in [0.3, 0.4) is 0 Å². The molecule has 1 aliphatic rings. The zero-order valence-corrected chi connectivity index (χ0v) is 11.6. The van der Waals surface area contributed by atoms with E-state index in [1.165, 1.54) is 25.2 Å². The molecule has 6 nitrogen and oxygen atoms in total. The minimum atomic E-state index is -0.703. The van der Waals surface area contributed by atoms with Crippen molar-refractivity contribution in [2.75, 3.05) is 12.8 Å². The van der Waals surface area contributed by atoms with Crippen molar-refractivity contribution in [3.05, 3.63) is 28.8 Å². The average molecular weight is 296 g/mol. The van der Waals surface area contributed by atoms with Gasteiger partial charge in [-0.25, -0.2) is 0 Å². The van der Waals surface area contributed by atoms with E-state index in [4.69, 9.17) is 17.3 Å². The van der Waals surface area contributed by atoms with Crippen LogP contribution in [-0.2, 0) is 9.59 Å². The predicted molar refractivity (Wildman–Crippen MR) is 74.1 cm³/mol. The minimum Gasteiger partial charge on any atom is -0.399 e. The van der Waals surface area contributed by atoms with Gasteiger partial charge in [-0.2, -0.15) is 0 Å². The lowest BCUT2D eigenvalue weighted by atomic mass is 10.0. The number of nitrogens with one attached hydrogen (secondary N) is 1. The summed E-state index contributed by atoms with van der Waals surface area (Å²) in [6.07, 6.45) is 0.522. The van der Waals surface area contributed by atoms with Gasteiger partial charge >= 0.3 is 0 Å². The summed E-state index contributed by atoms with van der Waals surface area (Å²) in [5, 5.41) is 2.94. The zero-order valence-electron chi connectivity index (χ0n) is 10.9. The van der Waals surface area contributed by atoms with Crippen molar-refractivity contribution in [1.82, 2.24) is 10.2 Å². The maximum absolute atomic E-state index is 12.1. The van der Waals surface area contributed by atoms with Gasteiger partial charge in [0.25, 0.3) is 11.8 Å². The molecule has 7 heteroatoms. The Morgan fingerprint density at radius 1 is 1.40 bits per heavy atom. The van der Waals surface area contributed by atoms with Gasteiger partial charge in [0, 0.05) is 29.7 Å². The van der Waals surface area contributed by atoms with Crippen LogP contribution in [0.1, 0.15) is 23.2 Å². The molecular formula is C13H14ClN3O3. The van der Waals surface area contributed by atoms with Gasteiger partial charge in [-0.1, -0.05) is 11.6 Å². The number of hydrogen-bond acceptors (Lipinski definition) is 4. The lowest BCUT2D eigenvalue weighted by molar-refractivity contribution is -0.147. The molecule has 0 aromatic heterocycles. The smallest absolute Gasteiger partial charge is 0.252 e. The molecule has 0 aliphatic carbocycles. The maximum atomic E-state index is 12.1. The Labute approximate surface area is 120 Å². The van der Waals surface area contributed by atoms with E-state index in [0.29, 0.717) is 17.1 Å². The number of amides is 3. The molecule has 0 radical (unpaired) electrons. The number of nitrogens with zero attached hydrogens (tertiary/aromatic N) is 1. The number of carbonyl (C=O) groups excluding carboxylic acids is 3. The number of anilines is 1. The number of imide groups is 1. The molecule has 1 aliphatic heterocycles. The summed E-state index contributed by atoms with van der Waals surface area (Å²) in [4.78, 5) is 36.3. The van der Waals surface area contributed by atoms with Gasteiger partial charge in [-0.15, -0.1) is 0 Å². The number of likely N-dealkylation sites (tertiary alicyclic amines) is 1. The van der Waals surface area contributed by atoms with Gasteiger partial charge < -0.3 is 11.1 Å². The molecule has 0 saturated carbocycles. The monoisotopic (exact) mass is 295 g/mol. The van der Waals surface area contributed by atoms with Gasteiger partial charge in [0.2, 0.25) is 5.91 Å². The molecule has 1 aromatic carbocycles. The number of benzene rings is 1. The number of nitrogens with two attached hydrogens (primary N) is 1. The van der Waals surface area contributed by atoms with E-state index in [9.17, 15) is 14.4 Å². The van der Waals surface area contributed by atoms with Crippen LogP contribution in [0.5, 0.6) is 0 Å². The topological polar surface area (TPSA) is 92.5 Å². The van der Waals surface area contributed by atoms with Crippen LogP contribution in [0.25, 0.3) is 0 Å². The first-order chi connectivity index (χ1) is 9.38. The zero-order chi connectivity index (χ0) is 14.9. The summed E-state index contributed by atoms with van der Waals surface area (Å²) in [7, 11) is 1.40. The number of hydrogen-bond donors (Lipinski definition) is 2. The maximum Gasteiger partial charge on any atom is 0.252 e. The fraction of sp³-hybridized carbons (Fsp3) is 0.308. The number of piperidine rings is 1. The molecular weight excluding hydrogens is 282 g/mol. The average Bonchev–Trinajstić information content (AvgIpc) is 2.38. The number of halogens is 1. The van der Waals surface area contributed by atoms with Crippen molar-refractivity contribution in [2.45, 2.75) is 18.9 Å². The molecule has 20 heavy (non-hydrogen) atoms. The van der Waals surface area contributed by atoms with Crippen molar-refractivity contribution in [3.8, 4) is 0 Å². The molecule has 3 N–H and O–H groups in total. The van der Waals surface area contributed by atoms with Crippen LogP contribution in [0.2, 0.25) is 5.02 Å². The van der Waals surface area contributed by atoms with Crippen LogP contribution < -0.4 is 11.1 Å². The van der Waals surface area contributed by atoms with Gasteiger partial charge in [0.05, 0.1) is 0 Å². The molecule has 1 fully saturated rings. The second kappa shape index (κ2) is 5.50. The molecule has 0 spiro atoms. The fourth-order valence-corrected chi connectivity index (χ4v) is 2.28. The first kappa shape index (κ1) is 14.3. The Kier molecular flexibility index (Phi) is 3.94. The van der Waals surface area contributed by atoms with Crippen LogP contribution in [-0.4, -0.2) is 35.7 Å². The SMILES string of the molecule is CN1C(=O)CCC(NC(=O)c2cc(N)cc(Cl)c2)C1=O. The highest BCUT2D eigenvalue weighted by Crippen LogP contribution is 2.17. The highest BCUT2D eigenvalue weighted by atomic mass is 35.5. The molecule has 1 unspecified atom stereocenters. The van der Waals surface area contributed by atoms with E-state index in [1.54, 1.807) is 0 Å². The molecule has 1 saturated heterocycles. The van der Waals surface area contributed by atoms with Crippen LogP contribution in [0, 0.1) is 0 Å². The third-order valence-corrected chi connectivity index (χ3v) is 3.36. The van der Waals surface area contributed by atoms with E-state index < -0.39 is 17.9 Å². The molecule has 106 valence electrons. The quantitative estimate of drug-likeness (QED) is 0.623. The Bertz CT molecular complexity index is 568. The first-order valence-corrected chi connectivity index (χ1v) is 6.43. The van der Waals surface area contributed by atoms with Crippen LogP contribution in [0.4, 0.5) is 5.69 Å². The van der Waals surface area contributed by atoms with E-state index >= 15 is 0 Å². The van der Waals surface area contributed by atoms with Crippen molar-refractivity contribution in [2.24, 2.45) is 0 Å². The number of likely N-dealkylation sites (N-methyl/N-ethyl adjacent to an activating group) is 1. The molecule has 1 heterocycles. The summed E-state index contributed by atoms with van der Waals surface area (Å²) in [5.41, 5.74) is 6.26. The summed E-state index contributed by atoms with van der Waals surface area (Å²) in [5.74, 6) is -1.10. The number of rotatable bonds is 2. The lowest BCUT2D eigenvalue weighted by Crippen LogP contribution is -2.52. The highest BCUT2D eigenvalue weighted by molar-refractivity contribution is 6.31. The van der Waals surface area contributed by atoms with Gasteiger partial charge in [-0.05, 0) is 24.6 Å². The summed E-state index contributed by atoms with van der Waals surface area (Å²) < 4.78 is 0. The second-order valence-electron chi connectivity index (χ2n) is 4.63. The Morgan fingerprint density at radius 2 is 2.10 bits per heavy atom. The van der Waals surface area contributed by atoms with E-state index in [-0.39, 0.29) is 17.9 Å². The molecule has 2 rings (SSSR count). The normalized spacial score (nSPS) is 19.1. The molecule has 3 amide bonds. The first-order valence-electron chi connectivity index (χ1n) is 6.06. The van der Waals surface area contributed by atoms with Crippen LogP contribution >= 0.6 is 11.6 Å². The predicted octanol–water partition coefficient (Wildman–Crippen LogP) is 0.799.